The first-order chi connectivity index (χ1) is 28.8. The predicted molar refractivity (Wildman–Crippen MR) is 241 cm³/mol. The predicted octanol–water partition coefficient (Wildman–Crippen LogP) is 14.4. The van der Waals surface area contributed by atoms with Gasteiger partial charge in [-0.1, -0.05) is 146 Å². The van der Waals surface area contributed by atoms with E-state index in [0.29, 0.717) is 6.61 Å². The van der Waals surface area contributed by atoms with Gasteiger partial charge in [0.1, 0.15) is 12.4 Å². The van der Waals surface area contributed by atoms with Crippen LogP contribution in [0.3, 0.4) is 0 Å². The first kappa shape index (κ1) is 32.6. The summed E-state index contributed by atoms with van der Waals surface area (Å²) in [6, 6.07) is 75.0. The third-order valence-corrected chi connectivity index (χ3v) is 12.0. The summed E-state index contributed by atoms with van der Waals surface area (Å²) in [5.74, 6) is 0.932. The molecule has 0 radical (unpaired) electrons. The maximum Gasteiger partial charge on any atom is 0.127 e. The number of hydrogen-bond donors (Lipinski definition) is 0. The third-order valence-electron chi connectivity index (χ3n) is 12.0. The van der Waals surface area contributed by atoms with Gasteiger partial charge in [-0.2, -0.15) is 0 Å². The van der Waals surface area contributed by atoms with Gasteiger partial charge in [-0.3, -0.25) is 0 Å². The van der Waals surface area contributed by atoms with E-state index in [0.717, 1.165) is 17.0 Å². The van der Waals surface area contributed by atoms with Crippen LogP contribution in [0.4, 0.5) is 0 Å². The fourth-order valence-corrected chi connectivity index (χ4v) is 9.31. The van der Waals surface area contributed by atoms with Crippen molar-refractivity contribution >= 4 is 43.6 Å². The van der Waals surface area contributed by atoms with Gasteiger partial charge >= 0.3 is 0 Å². The highest BCUT2D eigenvalue weighted by molar-refractivity contribution is 6.13. The lowest BCUT2D eigenvalue weighted by molar-refractivity contribution is 0.302. The molecule has 0 N–H and O–H groups in total. The van der Waals surface area contributed by atoms with Gasteiger partial charge in [-0.25, -0.2) is 0 Å². The molecule has 3 nitrogen and oxygen atoms in total. The minimum Gasteiger partial charge on any atom is -0.488 e. The largest absolute Gasteiger partial charge is 0.488 e. The zero-order valence-electron chi connectivity index (χ0n) is 31.6. The topological polar surface area (TPSA) is 19.1 Å². The molecule has 1 aliphatic rings. The van der Waals surface area contributed by atoms with Crippen LogP contribution >= 0.6 is 0 Å². The van der Waals surface area contributed by atoms with Gasteiger partial charge in [0.05, 0.1) is 27.8 Å². The monoisotopic (exact) mass is 740 g/mol. The summed E-state index contributed by atoms with van der Waals surface area (Å²) in [5.41, 5.74) is 17.8. The van der Waals surface area contributed by atoms with Crippen molar-refractivity contribution in [1.82, 2.24) is 9.13 Å². The molecule has 0 spiro atoms. The van der Waals surface area contributed by atoms with E-state index in [1.54, 1.807) is 0 Å². The molecule has 9 aromatic carbocycles. The summed E-state index contributed by atoms with van der Waals surface area (Å²) in [7, 11) is 0. The Kier molecular flexibility index (Phi) is 7.29. The van der Waals surface area contributed by atoms with E-state index in [2.05, 4.69) is 215 Å². The van der Waals surface area contributed by atoms with E-state index in [1.165, 1.54) is 93.8 Å². The van der Waals surface area contributed by atoms with Gasteiger partial charge in [0.25, 0.3) is 0 Å². The minimum atomic E-state index is 0.560. The fraction of sp³-hybridized carbons (Fsp3) is 0.0182. The number of nitrogens with zero attached hydrogens (tertiary/aromatic N) is 2. The molecule has 0 saturated heterocycles. The van der Waals surface area contributed by atoms with Gasteiger partial charge in [-0.15, -0.1) is 0 Å². The molecule has 0 saturated carbocycles. The molecule has 58 heavy (non-hydrogen) atoms. The smallest absolute Gasteiger partial charge is 0.127 e. The third kappa shape index (κ3) is 5.07. The Hall–Kier alpha value is -7.62. The molecule has 0 aliphatic carbocycles. The standard InChI is InChI=1S/C55H36N2O/c1-3-13-36(14-4-1)38-17-11-19-43(31-38)56-50-29-26-39(37-15-5-2-6-16-37)32-48(50)45-28-25-41(34-53(45)56)40-27-30-51-47(33-40)44-20-7-9-22-49(44)57(51)52-23-12-18-42-35-58-54-24-10-8-21-46(54)55(42)52/h1-34H,35H2. The number of ether oxygens (including phenoxy) is 1. The van der Waals surface area contributed by atoms with E-state index < -0.39 is 0 Å². The van der Waals surface area contributed by atoms with Crippen molar-refractivity contribution in [3.05, 3.63) is 212 Å². The number of hydrogen-bond acceptors (Lipinski definition) is 1. The maximum absolute atomic E-state index is 6.19. The van der Waals surface area contributed by atoms with Crippen LogP contribution in [0.25, 0.3) is 99.5 Å². The zero-order chi connectivity index (χ0) is 38.2. The molecular weight excluding hydrogens is 705 g/mol. The Balaban J connectivity index is 1.06. The number of rotatable bonds is 5. The van der Waals surface area contributed by atoms with E-state index >= 15 is 0 Å². The average molecular weight is 741 g/mol. The second-order valence-corrected chi connectivity index (χ2v) is 15.3. The highest BCUT2D eigenvalue weighted by Crippen LogP contribution is 2.44. The van der Waals surface area contributed by atoms with E-state index in [4.69, 9.17) is 4.74 Å². The maximum atomic E-state index is 6.19. The number of para-hydroxylation sites is 2. The van der Waals surface area contributed by atoms with Crippen molar-refractivity contribution < 1.29 is 4.74 Å². The molecule has 1 aliphatic heterocycles. The summed E-state index contributed by atoms with van der Waals surface area (Å²) >= 11 is 0. The fourth-order valence-electron chi connectivity index (χ4n) is 9.31. The van der Waals surface area contributed by atoms with Crippen LogP contribution in [0, 0.1) is 0 Å². The van der Waals surface area contributed by atoms with Crippen LogP contribution in [0.1, 0.15) is 5.56 Å². The highest BCUT2D eigenvalue weighted by Gasteiger charge is 2.23. The lowest BCUT2D eigenvalue weighted by atomic mass is 9.95. The molecule has 2 aromatic heterocycles. The van der Waals surface area contributed by atoms with Gasteiger partial charge in [0.15, 0.2) is 0 Å². The van der Waals surface area contributed by atoms with Gasteiger partial charge in [0.2, 0.25) is 0 Å². The summed E-state index contributed by atoms with van der Waals surface area (Å²) in [4.78, 5) is 0. The normalized spacial score (nSPS) is 12.2. The molecule has 272 valence electrons. The van der Waals surface area contributed by atoms with E-state index in [1.807, 2.05) is 0 Å². The van der Waals surface area contributed by atoms with Crippen LogP contribution in [0.15, 0.2) is 206 Å². The quantitative estimate of drug-likeness (QED) is 0.172. The second-order valence-electron chi connectivity index (χ2n) is 15.3. The SMILES string of the molecule is c1ccc(-c2cccc(-n3c4ccc(-c5ccccc5)cc4c4ccc(-c5ccc6c(c5)c5ccccc5n6-c5cccc6c5-c5ccccc5OC6)cc43)c2)cc1. The molecule has 0 bridgehead atoms. The Morgan fingerprint density at radius 3 is 1.71 bits per heavy atom. The van der Waals surface area contributed by atoms with Gasteiger partial charge < -0.3 is 13.9 Å². The van der Waals surface area contributed by atoms with Gasteiger partial charge in [-0.05, 0) is 99.6 Å². The second kappa shape index (κ2) is 13.0. The van der Waals surface area contributed by atoms with Crippen molar-refractivity contribution in [2.75, 3.05) is 0 Å². The summed E-state index contributed by atoms with van der Waals surface area (Å²) < 4.78 is 11.1. The van der Waals surface area contributed by atoms with Crippen molar-refractivity contribution in [2.45, 2.75) is 6.61 Å². The van der Waals surface area contributed by atoms with Crippen molar-refractivity contribution in [1.29, 1.82) is 0 Å². The van der Waals surface area contributed by atoms with Gasteiger partial charge in [0, 0.05) is 38.4 Å². The van der Waals surface area contributed by atoms with Crippen molar-refractivity contribution in [3.8, 4) is 61.6 Å². The molecular formula is C55H36N2O. The minimum absolute atomic E-state index is 0.560. The summed E-state index contributed by atoms with van der Waals surface area (Å²) in [6.45, 7) is 0.560. The molecule has 0 fully saturated rings. The van der Waals surface area contributed by atoms with Crippen LogP contribution in [-0.2, 0) is 6.61 Å². The highest BCUT2D eigenvalue weighted by atomic mass is 16.5. The van der Waals surface area contributed by atoms with Crippen LogP contribution in [0.2, 0.25) is 0 Å². The summed E-state index contributed by atoms with van der Waals surface area (Å²) in [6.07, 6.45) is 0. The first-order valence-corrected chi connectivity index (χ1v) is 19.9. The van der Waals surface area contributed by atoms with Crippen LogP contribution in [0.5, 0.6) is 5.75 Å². The molecule has 0 unspecified atom stereocenters. The number of aromatic nitrogens is 2. The Labute approximate surface area is 336 Å². The zero-order valence-corrected chi connectivity index (χ0v) is 31.6. The summed E-state index contributed by atoms with van der Waals surface area (Å²) in [5, 5.41) is 4.94. The molecule has 3 heteroatoms. The molecule has 3 heterocycles. The van der Waals surface area contributed by atoms with Crippen molar-refractivity contribution in [3.63, 3.8) is 0 Å². The number of fused-ring (bicyclic) bond motifs is 9. The average Bonchev–Trinajstić information content (AvgIpc) is 3.81. The Morgan fingerprint density at radius 2 is 0.914 bits per heavy atom. The van der Waals surface area contributed by atoms with Crippen LogP contribution < -0.4 is 4.74 Å². The molecule has 0 amide bonds. The number of benzene rings is 9. The molecule has 11 aromatic rings. The first-order valence-electron chi connectivity index (χ1n) is 19.9. The molecule has 12 rings (SSSR count). The Morgan fingerprint density at radius 1 is 0.345 bits per heavy atom. The van der Waals surface area contributed by atoms with E-state index in [9.17, 15) is 0 Å². The van der Waals surface area contributed by atoms with E-state index in [-0.39, 0.29) is 0 Å². The Bertz CT molecular complexity index is 3390. The van der Waals surface area contributed by atoms with Crippen molar-refractivity contribution in [2.24, 2.45) is 0 Å². The van der Waals surface area contributed by atoms with Crippen LogP contribution in [-0.4, -0.2) is 9.13 Å². The lowest BCUT2D eigenvalue weighted by Gasteiger charge is -2.24. The lowest BCUT2D eigenvalue weighted by Crippen LogP contribution is -2.08. The molecule has 0 atom stereocenters.